The molecule has 1 atom stereocenters. The fourth-order valence-electron chi connectivity index (χ4n) is 4.94. The Kier molecular flexibility index (Phi) is 8.14. The number of aromatic amines is 1. The van der Waals surface area contributed by atoms with Crippen LogP contribution in [0.1, 0.15) is 57.3 Å². The van der Waals surface area contributed by atoms with Crippen molar-refractivity contribution in [3.05, 3.63) is 111 Å². The number of H-pyrrole nitrogens is 1. The predicted molar refractivity (Wildman–Crippen MR) is 144 cm³/mol. The van der Waals surface area contributed by atoms with Gasteiger partial charge in [-0.2, -0.15) is 0 Å². The Morgan fingerprint density at radius 2 is 1.92 bits per heavy atom. The van der Waals surface area contributed by atoms with Crippen LogP contribution in [0.15, 0.2) is 67.5 Å². The molecule has 1 aliphatic carbocycles. The monoisotopic (exact) mass is 534 g/mol. The zero-order valence-electron chi connectivity index (χ0n) is 20.3. The zero-order valence-corrected chi connectivity index (χ0v) is 21.8. The highest BCUT2D eigenvalue weighted by atomic mass is 35.5. The van der Waals surface area contributed by atoms with E-state index in [1.807, 2.05) is 30.6 Å². The van der Waals surface area contributed by atoms with Crippen LogP contribution in [-0.4, -0.2) is 37.3 Å². The van der Waals surface area contributed by atoms with E-state index in [0.717, 1.165) is 50.0 Å². The Morgan fingerprint density at radius 1 is 1.08 bits per heavy atom. The van der Waals surface area contributed by atoms with E-state index in [1.165, 1.54) is 29.2 Å². The third-order valence-electron chi connectivity index (χ3n) is 6.74. The molecule has 4 aromatic rings. The molecule has 0 radical (unpaired) electrons. The van der Waals surface area contributed by atoms with Crippen molar-refractivity contribution in [1.82, 2.24) is 30.2 Å². The molecule has 1 aliphatic rings. The van der Waals surface area contributed by atoms with Crippen molar-refractivity contribution < 1.29 is 4.79 Å². The summed E-state index contributed by atoms with van der Waals surface area (Å²) in [6.07, 6.45) is 12.5. The van der Waals surface area contributed by atoms with Crippen molar-refractivity contribution in [1.29, 1.82) is 0 Å². The second-order valence-electron chi connectivity index (χ2n) is 9.23. The smallest absolute Gasteiger partial charge is 0.254 e. The molecule has 0 saturated heterocycles. The van der Waals surface area contributed by atoms with Crippen molar-refractivity contribution in [3.63, 3.8) is 0 Å². The summed E-state index contributed by atoms with van der Waals surface area (Å²) < 4.78 is 0. The summed E-state index contributed by atoms with van der Waals surface area (Å²) in [5.41, 5.74) is 6.07. The molecule has 37 heavy (non-hydrogen) atoms. The van der Waals surface area contributed by atoms with Crippen LogP contribution in [-0.2, 0) is 25.9 Å². The van der Waals surface area contributed by atoms with E-state index in [-0.39, 0.29) is 27.6 Å². The number of fused-ring (bicyclic) bond motifs is 1. The summed E-state index contributed by atoms with van der Waals surface area (Å²) in [7, 11) is 0. The first kappa shape index (κ1) is 25.4. The molecule has 0 spiro atoms. The largest absolute Gasteiger partial charge is 0.348 e. The highest BCUT2D eigenvalue weighted by Crippen LogP contribution is 2.34. The van der Waals surface area contributed by atoms with E-state index >= 15 is 0 Å². The molecular formula is C28H28Cl2N6O. The first-order valence-corrected chi connectivity index (χ1v) is 13.1. The molecule has 1 amide bonds. The van der Waals surface area contributed by atoms with Gasteiger partial charge in [-0.15, -0.1) is 0 Å². The van der Waals surface area contributed by atoms with E-state index in [1.54, 1.807) is 6.33 Å². The first-order chi connectivity index (χ1) is 18.1. The first-order valence-electron chi connectivity index (χ1n) is 12.4. The van der Waals surface area contributed by atoms with Gasteiger partial charge in [-0.25, -0.2) is 4.98 Å². The quantitative estimate of drug-likeness (QED) is 0.293. The van der Waals surface area contributed by atoms with Gasteiger partial charge < -0.3 is 10.3 Å². The van der Waals surface area contributed by atoms with Crippen LogP contribution in [0.2, 0.25) is 10.0 Å². The molecule has 0 fully saturated rings. The average molecular weight is 535 g/mol. The van der Waals surface area contributed by atoms with Gasteiger partial charge >= 0.3 is 0 Å². The highest BCUT2D eigenvalue weighted by molar-refractivity contribution is 6.39. The van der Waals surface area contributed by atoms with Gasteiger partial charge in [0, 0.05) is 56.5 Å². The number of aryl methyl sites for hydroxylation is 1. The Balaban J connectivity index is 1.32. The molecule has 7 nitrogen and oxygen atoms in total. The number of hydrogen-bond donors (Lipinski definition) is 2. The Hall–Kier alpha value is -3.26. The number of carbonyl (C=O) groups excluding carboxylic acids is 1. The van der Waals surface area contributed by atoms with Gasteiger partial charge in [0.15, 0.2) is 0 Å². The van der Waals surface area contributed by atoms with Gasteiger partial charge in [0.25, 0.3) is 5.91 Å². The van der Waals surface area contributed by atoms with Crippen molar-refractivity contribution in [2.24, 2.45) is 0 Å². The van der Waals surface area contributed by atoms with Gasteiger partial charge in [-0.3, -0.25) is 19.7 Å². The molecule has 9 heteroatoms. The number of nitrogens with zero attached hydrogens (tertiary/aromatic N) is 4. The van der Waals surface area contributed by atoms with Crippen molar-refractivity contribution >= 4 is 29.1 Å². The molecule has 1 aromatic carbocycles. The number of benzene rings is 1. The molecule has 0 aliphatic heterocycles. The van der Waals surface area contributed by atoms with E-state index < -0.39 is 0 Å². The SMILES string of the molecule is O=C(NCc1cccc(CN(CCc2cnc[nH]2)C2CCCc3cccnc32)c1)c1c(Cl)cncc1Cl. The number of imidazole rings is 1. The number of nitrogens with one attached hydrogen (secondary N) is 2. The van der Waals surface area contributed by atoms with E-state index in [9.17, 15) is 4.79 Å². The minimum atomic E-state index is -0.325. The number of hydrogen-bond acceptors (Lipinski definition) is 5. The zero-order chi connectivity index (χ0) is 25.6. The summed E-state index contributed by atoms with van der Waals surface area (Å²) >= 11 is 12.3. The van der Waals surface area contributed by atoms with Gasteiger partial charge in [0.2, 0.25) is 0 Å². The average Bonchev–Trinajstić information content (AvgIpc) is 3.43. The van der Waals surface area contributed by atoms with Crippen LogP contribution in [0.3, 0.4) is 0 Å². The number of halogens is 2. The molecule has 0 saturated carbocycles. The van der Waals surface area contributed by atoms with Gasteiger partial charge in [0.05, 0.1) is 33.7 Å². The Bertz CT molecular complexity index is 1340. The number of aromatic nitrogens is 4. The fourth-order valence-corrected chi connectivity index (χ4v) is 5.48. The third-order valence-corrected chi connectivity index (χ3v) is 7.31. The summed E-state index contributed by atoms with van der Waals surface area (Å²) in [5, 5.41) is 3.39. The molecule has 3 aromatic heterocycles. The van der Waals surface area contributed by atoms with Gasteiger partial charge in [-0.1, -0.05) is 53.5 Å². The summed E-state index contributed by atoms with van der Waals surface area (Å²) in [5.74, 6) is -0.325. The summed E-state index contributed by atoms with van der Waals surface area (Å²) in [6.45, 7) is 2.02. The highest BCUT2D eigenvalue weighted by Gasteiger charge is 2.27. The lowest BCUT2D eigenvalue weighted by atomic mass is 9.90. The number of rotatable bonds is 9. The molecule has 190 valence electrons. The normalized spacial score (nSPS) is 14.9. The summed E-state index contributed by atoms with van der Waals surface area (Å²) in [4.78, 5) is 31.3. The van der Waals surface area contributed by atoms with Crippen molar-refractivity contribution in [2.45, 2.75) is 44.8 Å². The molecule has 0 bridgehead atoms. The maximum absolute atomic E-state index is 12.7. The van der Waals surface area contributed by atoms with Gasteiger partial charge in [0.1, 0.15) is 0 Å². The maximum atomic E-state index is 12.7. The maximum Gasteiger partial charge on any atom is 0.254 e. The van der Waals surface area contributed by atoms with Crippen LogP contribution >= 0.6 is 23.2 Å². The minimum Gasteiger partial charge on any atom is -0.348 e. The lowest BCUT2D eigenvalue weighted by Gasteiger charge is -2.35. The fraction of sp³-hybridized carbons (Fsp3) is 0.286. The number of pyridine rings is 2. The topological polar surface area (TPSA) is 86.8 Å². The Labute approximate surface area is 226 Å². The molecule has 5 rings (SSSR count). The molecular weight excluding hydrogens is 507 g/mol. The van der Waals surface area contributed by atoms with Crippen LogP contribution in [0.4, 0.5) is 0 Å². The second kappa shape index (κ2) is 11.9. The molecule has 3 heterocycles. The van der Waals surface area contributed by atoms with Crippen molar-refractivity contribution in [2.75, 3.05) is 6.54 Å². The second-order valence-corrected chi connectivity index (χ2v) is 10.0. The minimum absolute atomic E-state index is 0.230. The van der Waals surface area contributed by atoms with E-state index in [2.05, 4.69) is 43.4 Å². The van der Waals surface area contributed by atoms with Crippen LogP contribution < -0.4 is 5.32 Å². The lowest BCUT2D eigenvalue weighted by Crippen LogP contribution is -2.33. The molecule has 1 unspecified atom stereocenters. The standard InChI is InChI=1S/C28H28Cl2N6O/c29-23-15-31-16-24(30)26(23)28(37)34-13-19-4-1-5-20(12-19)17-36(11-9-22-14-32-18-35-22)25-8-2-6-21-7-3-10-33-27(21)25/h1,3-5,7,10,12,14-16,18,25H,2,6,8-9,11,13,17H2,(H,32,35)(H,34,37). The van der Waals surface area contributed by atoms with Crippen molar-refractivity contribution in [3.8, 4) is 0 Å². The lowest BCUT2D eigenvalue weighted by molar-refractivity contribution is 0.0951. The summed E-state index contributed by atoms with van der Waals surface area (Å²) in [6, 6.07) is 12.8. The van der Waals surface area contributed by atoms with Gasteiger partial charge in [-0.05, 0) is 42.0 Å². The van der Waals surface area contributed by atoms with E-state index in [0.29, 0.717) is 6.54 Å². The predicted octanol–water partition coefficient (Wildman–Crippen LogP) is 5.56. The number of carbonyl (C=O) groups is 1. The van der Waals surface area contributed by atoms with Crippen LogP contribution in [0.5, 0.6) is 0 Å². The molecule has 2 N–H and O–H groups in total. The third kappa shape index (κ3) is 6.18. The van der Waals surface area contributed by atoms with Crippen LogP contribution in [0, 0.1) is 0 Å². The Morgan fingerprint density at radius 3 is 2.73 bits per heavy atom. The van der Waals surface area contributed by atoms with E-state index in [4.69, 9.17) is 28.2 Å². The number of amides is 1. The van der Waals surface area contributed by atoms with Crippen LogP contribution in [0.25, 0.3) is 0 Å².